The predicted molar refractivity (Wildman–Crippen MR) is 80.3 cm³/mol. The van der Waals surface area contributed by atoms with Crippen molar-refractivity contribution in [3.05, 3.63) is 65.7 Å². The molecule has 0 unspecified atom stereocenters. The zero-order valence-corrected chi connectivity index (χ0v) is 11.5. The number of thiazole rings is 1. The van der Waals surface area contributed by atoms with Crippen molar-refractivity contribution in [2.75, 3.05) is 0 Å². The SMILES string of the molecule is NC(=O)c1[nH+]c(-c2ccccc2)c(-c2ccccc2)s1. The summed E-state index contributed by atoms with van der Waals surface area (Å²) in [5.41, 5.74) is 8.43. The number of aromatic amines is 1. The highest BCUT2D eigenvalue weighted by Gasteiger charge is 2.24. The lowest BCUT2D eigenvalue weighted by atomic mass is 10.1. The number of primary amides is 1. The van der Waals surface area contributed by atoms with Crippen molar-refractivity contribution >= 4 is 17.2 Å². The molecule has 0 spiro atoms. The highest BCUT2D eigenvalue weighted by atomic mass is 32.1. The van der Waals surface area contributed by atoms with Crippen molar-refractivity contribution in [3.63, 3.8) is 0 Å². The normalized spacial score (nSPS) is 10.4. The van der Waals surface area contributed by atoms with E-state index < -0.39 is 5.91 Å². The van der Waals surface area contributed by atoms with Gasteiger partial charge in [0.2, 0.25) is 5.69 Å². The van der Waals surface area contributed by atoms with Crippen LogP contribution in [0.25, 0.3) is 21.7 Å². The van der Waals surface area contributed by atoms with E-state index in [1.807, 2.05) is 60.7 Å². The molecule has 3 aromatic rings. The Labute approximate surface area is 120 Å². The van der Waals surface area contributed by atoms with Crippen LogP contribution in [0.3, 0.4) is 0 Å². The molecule has 3 nitrogen and oxygen atoms in total. The molecule has 1 aromatic heterocycles. The molecular formula is C16H13N2OS+. The number of rotatable bonds is 3. The molecule has 20 heavy (non-hydrogen) atoms. The molecule has 0 aliphatic heterocycles. The van der Waals surface area contributed by atoms with E-state index in [2.05, 4.69) is 4.98 Å². The van der Waals surface area contributed by atoms with Gasteiger partial charge in [0.25, 0.3) is 0 Å². The molecule has 0 radical (unpaired) electrons. The van der Waals surface area contributed by atoms with E-state index in [1.54, 1.807) is 0 Å². The van der Waals surface area contributed by atoms with Crippen LogP contribution in [0.4, 0.5) is 0 Å². The standard InChI is InChI=1S/C16H12N2OS/c17-15(19)16-18-13(11-7-3-1-4-8-11)14(20-16)12-9-5-2-6-10-12/h1-10H,(H2,17,19)/p+1. The summed E-state index contributed by atoms with van der Waals surface area (Å²) in [6, 6.07) is 19.9. The van der Waals surface area contributed by atoms with E-state index >= 15 is 0 Å². The zero-order valence-electron chi connectivity index (χ0n) is 10.7. The molecule has 3 N–H and O–H groups in total. The van der Waals surface area contributed by atoms with Gasteiger partial charge in [0, 0.05) is 5.56 Å². The number of carbonyl (C=O) groups is 1. The molecule has 3 rings (SSSR count). The number of carbonyl (C=O) groups excluding carboxylic acids is 1. The average Bonchev–Trinajstić information content (AvgIpc) is 2.94. The smallest absolute Gasteiger partial charge is 0.326 e. The maximum absolute atomic E-state index is 11.4. The number of hydrogen-bond acceptors (Lipinski definition) is 2. The fourth-order valence-electron chi connectivity index (χ4n) is 2.06. The fourth-order valence-corrected chi connectivity index (χ4v) is 3.04. The van der Waals surface area contributed by atoms with Gasteiger partial charge >= 0.3 is 10.9 Å². The Hall–Kier alpha value is -2.46. The van der Waals surface area contributed by atoms with Crippen LogP contribution >= 0.6 is 11.3 Å². The minimum Gasteiger partial charge on any atom is -0.360 e. The number of H-pyrrole nitrogens is 1. The largest absolute Gasteiger partial charge is 0.360 e. The first kappa shape index (κ1) is 12.6. The van der Waals surface area contributed by atoms with Gasteiger partial charge in [-0.1, -0.05) is 59.9 Å². The topological polar surface area (TPSA) is 57.2 Å². The van der Waals surface area contributed by atoms with Gasteiger partial charge in [-0.25, -0.2) is 0 Å². The van der Waals surface area contributed by atoms with Crippen molar-refractivity contribution in [3.8, 4) is 21.7 Å². The number of nitrogens with two attached hydrogens (primary N) is 1. The summed E-state index contributed by atoms with van der Waals surface area (Å²) in [6.45, 7) is 0. The maximum atomic E-state index is 11.4. The predicted octanol–water partition coefficient (Wildman–Crippen LogP) is 3.00. The minimum absolute atomic E-state index is 0.436. The molecule has 2 aromatic carbocycles. The molecule has 0 saturated heterocycles. The summed E-state index contributed by atoms with van der Waals surface area (Å²) < 4.78 is 0. The van der Waals surface area contributed by atoms with Crippen LogP contribution in [0, 0.1) is 0 Å². The number of hydrogen-bond donors (Lipinski definition) is 1. The van der Waals surface area contributed by atoms with E-state index in [1.165, 1.54) is 11.3 Å². The highest BCUT2D eigenvalue weighted by Crippen LogP contribution is 2.33. The molecule has 98 valence electrons. The first-order chi connectivity index (χ1) is 9.75. The van der Waals surface area contributed by atoms with Gasteiger partial charge in [-0.3, -0.25) is 4.79 Å². The minimum atomic E-state index is -0.436. The third-order valence-corrected chi connectivity index (χ3v) is 4.14. The second-order valence-corrected chi connectivity index (χ2v) is 5.38. The lowest BCUT2D eigenvalue weighted by Gasteiger charge is -1.98. The lowest BCUT2D eigenvalue weighted by Crippen LogP contribution is -2.20. The summed E-state index contributed by atoms with van der Waals surface area (Å²) in [5.74, 6) is -0.436. The average molecular weight is 281 g/mol. The monoisotopic (exact) mass is 281 g/mol. The van der Waals surface area contributed by atoms with Crippen molar-refractivity contribution in [2.24, 2.45) is 5.73 Å². The number of aromatic nitrogens is 1. The van der Waals surface area contributed by atoms with Crippen molar-refractivity contribution in [1.82, 2.24) is 0 Å². The fraction of sp³-hybridized carbons (Fsp3) is 0. The summed E-state index contributed by atoms with van der Waals surface area (Å²) in [5, 5.41) is 0.461. The first-order valence-corrected chi connectivity index (χ1v) is 7.04. The van der Waals surface area contributed by atoms with E-state index in [0.29, 0.717) is 5.01 Å². The quantitative estimate of drug-likeness (QED) is 0.788. The van der Waals surface area contributed by atoms with Crippen LogP contribution < -0.4 is 10.7 Å². The van der Waals surface area contributed by atoms with Crippen LogP contribution in [-0.2, 0) is 0 Å². The van der Waals surface area contributed by atoms with E-state index in [4.69, 9.17) is 5.73 Å². The van der Waals surface area contributed by atoms with Crippen LogP contribution in [-0.4, -0.2) is 5.91 Å². The van der Waals surface area contributed by atoms with Gasteiger partial charge in [-0.15, -0.1) is 0 Å². The molecule has 0 aliphatic rings. The first-order valence-electron chi connectivity index (χ1n) is 6.22. The van der Waals surface area contributed by atoms with Crippen LogP contribution in [0.15, 0.2) is 60.7 Å². The van der Waals surface area contributed by atoms with Crippen molar-refractivity contribution in [2.45, 2.75) is 0 Å². The Morgan fingerprint density at radius 2 is 1.45 bits per heavy atom. The van der Waals surface area contributed by atoms with Gasteiger partial charge in [-0.05, 0) is 17.7 Å². The Kier molecular flexibility index (Phi) is 3.31. The number of amides is 1. The van der Waals surface area contributed by atoms with E-state index in [9.17, 15) is 4.79 Å². The summed E-state index contributed by atoms with van der Waals surface area (Å²) >= 11 is 1.39. The Morgan fingerprint density at radius 1 is 0.900 bits per heavy atom. The molecule has 0 aliphatic carbocycles. The second kappa shape index (κ2) is 5.27. The third kappa shape index (κ3) is 2.33. The Bertz CT molecular complexity index is 679. The molecule has 0 fully saturated rings. The molecule has 0 saturated carbocycles. The maximum Gasteiger partial charge on any atom is 0.326 e. The molecular weight excluding hydrogens is 268 g/mol. The Morgan fingerprint density at radius 3 is 2.00 bits per heavy atom. The van der Waals surface area contributed by atoms with Crippen LogP contribution in [0.2, 0.25) is 0 Å². The van der Waals surface area contributed by atoms with E-state index in [0.717, 1.165) is 21.7 Å². The summed E-state index contributed by atoms with van der Waals surface area (Å²) in [4.78, 5) is 15.6. The van der Waals surface area contributed by atoms with Crippen LogP contribution in [0.1, 0.15) is 9.80 Å². The summed E-state index contributed by atoms with van der Waals surface area (Å²) in [6.07, 6.45) is 0. The van der Waals surface area contributed by atoms with E-state index in [-0.39, 0.29) is 0 Å². The van der Waals surface area contributed by atoms with Gasteiger partial charge in [0.1, 0.15) is 4.88 Å². The highest BCUT2D eigenvalue weighted by molar-refractivity contribution is 7.17. The van der Waals surface area contributed by atoms with Gasteiger partial charge in [0.05, 0.1) is 0 Å². The number of nitrogens with one attached hydrogen (secondary N) is 1. The zero-order chi connectivity index (χ0) is 13.9. The third-order valence-electron chi connectivity index (χ3n) is 2.99. The molecule has 1 amide bonds. The van der Waals surface area contributed by atoms with Crippen molar-refractivity contribution < 1.29 is 9.78 Å². The van der Waals surface area contributed by atoms with Gasteiger partial charge < -0.3 is 5.73 Å². The number of benzene rings is 2. The molecule has 1 heterocycles. The second-order valence-electron chi connectivity index (χ2n) is 4.36. The molecule has 0 bridgehead atoms. The van der Waals surface area contributed by atoms with Gasteiger partial charge in [-0.2, -0.15) is 4.98 Å². The molecule has 0 atom stereocenters. The van der Waals surface area contributed by atoms with Crippen molar-refractivity contribution in [1.29, 1.82) is 0 Å². The van der Waals surface area contributed by atoms with Crippen LogP contribution in [0.5, 0.6) is 0 Å². The lowest BCUT2D eigenvalue weighted by molar-refractivity contribution is -0.360. The Balaban J connectivity index is 2.20. The molecule has 4 heteroatoms. The summed E-state index contributed by atoms with van der Waals surface area (Å²) in [7, 11) is 0. The van der Waals surface area contributed by atoms with Gasteiger partial charge in [0.15, 0.2) is 0 Å².